The van der Waals surface area contributed by atoms with Gasteiger partial charge in [0.1, 0.15) is 0 Å². The van der Waals surface area contributed by atoms with E-state index in [1.165, 1.54) is 45.2 Å². The maximum Gasteiger partial charge on any atom is 0.0175 e. The molecule has 0 radical (unpaired) electrons. The molecule has 0 unspecified atom stereocenters. The molecule has 12 heavy (non-hydrogen) atoms. The molecule has 1 heteroatoms. The quantitative estimate of drug-likeness (QED) is 0.573. The molecule has 2 fully saturated rings. The Morgan fingerprint density at radius 1 is 1.17 bits per heavy atom. The first-order valence-corrected chi connectivity index (χ1v) is 5.40. The van der Waals surface area contributed by atoms with Gasteiger partial charge in [-0.05, 0) is 43.9 Å². The molecule has 1 saturated carbocycles. The summed E-state index contributed by atoms with van der Waals surface area (Å²) in [5.41, 5.74) is 1.73. The monoisotopic (exact) mass is 163 g/mol. The number of likely N-dealkylation sites (tertiary alicyclic amines) is 1. The maximum atomic E-state index is 2.64. The standard InChI is InChI=1S/C11H17N/c1-2-6-12(5-1)11-8-9-3-4-10(11)7-9/h8-10H,1-7H2/t9-,10+/m0/s1. The van der Waals surface area contributed by atoms with Gasteiger partial charge in [-0.25, -0.2) is 0 Å². The number of allylic oxidation sites excluding steroid dienone is 2. The summed E-state index contributed by atoms with van der Waals surface area (Å²) in [7, 11) is 0. The average Bonchev–Trinajstić information content (AvgIpc) is 2.81. The van der Waals surface area contributed by atoms with Crippen molar-refractivity contribution >= 4 is 0 Å². The third-order valence-electron chi connectivity index (χ3n) is 3.77. The van der Waals surface area contributed by atoms with Crippen molar-refractivity contribution in [2.75, 3.05) is 13.1 Å². The lowest BCUT2D eigenvalue weighted by molar-refractivity contribution is 0.368. The topological polar surface area (TPSA) is 3.24 Å². The van der Waals surface area contributed by atoms with Gasteiger partial charge in [-0.1, -0.05) is 6.08 Å². The van der Waals surface area contributed by atoms with Gasteiger partial charge in [0, 0.05) is 18.8 Å². The zero-order valence-corrected chi connectivity index (χ0v) is 7.63. The van der Waals surface area contributed by atoms with E-state index in [1.54, 1.807) is 5.70 Å². The van der Waals surface area contributed by atoms with Crippen LogP contribution in [0, 0.1) is 11.8 Å². The van der Waals surface area contributed by atoms with Gasteiger partial charge in [0.2, 0.25) is 0 Å². The minimum absolute atomic E-state index is 0.964. The van der Waals surface area contributed by atoms with E-state index in [2.05, 4.69) is 11.0 Å². The first kappa shape index (κ1) is 6.99. The molecule has 0 aromatic carbocycles. The summed E-state index contributed by atoms with van der Waals surface area (Å²) in [4.78, 5) is 2.64. The van der Waals surface area contributed by atoms with Crippen LogP contribution in [-0.2, 0) is 0 Å². The highest BCUT2D eigenvalue weighted by Crippen LogP contribution is 2.45. The predicted molar refractivity (Wildman–Crippen MR) is 49.7 cm³/mol. The van der Waals surface area contributed by atoms with Gasteiger partial charge in [-0.15, -0.1) is 0 Å². The van der Waals surface area contributed by atoms with Gasteiger partial charge in [-0.3, -0.25) is 0 Å². The maximum absolute atomic E-state index is 2.64. The van der Waals surface area contributed by atoms with E-state index in [9.17, 15) is 0 Å². The van der Waals surface area contributed by atoms with Crippen molar-refractivity contribution in [2.45, 2.75) is 32.1 Å². The molecule has 3 rings (SSSR count). The molecule has 1 saturated heterocycles. The second-order valence-corrected chi connectivity index (χ2v) is 4.56. The lowest BCUT2D eigenvalue weighted by Crippen LogP contribution is -2.22. The van der Waals surface area contributed by atoms with Gasteiger partial charge in [0.05, 0.1) is 0 Å². The fourth-order valence-corrected chi connectivity index (χ4v) is 3.15. The summed E-state index contributed by atoms with van der Waals surface area (Å²) in [5.74, 6) is 1.93. The molecule has 1 aliphatic heterocycles. The van der Waals surface area contributed by atoms with Crippen molar-refractivity contribution in [3.05, 3.63) is 11.8 Å². The van der Waals surface area contributed by atoms with Gasteiger partial charge >= 0.3 is 0 Å². The van der Waals surface area contributed by atoms with Gasteiger partial charge < -0.3 is 4.90 Å². The van der Waals surface area contributed by atoms with Gasteiger partial charge in [0.15, 0.2) is 0 Å². The van der Waals surface area contributed by atoms with Crippen LogP contribution in [0.15, 0.2) is 11.8 Å². The summed E-state index contributed by atoms with van der Waals surface area (Å²) in [5, 5.41) is 0. The zero-order chi connectivity index (χ0) is 7.97. The van der Waals surface area contributed by atoms with Crippen LogP contribution in [0.25, 0.3) is 0 Å². The zero-order valence-electron chi connectivity index (χ0n) is 7.63. The van der Waals surface area contributed by atoms with E-state index in [1.807, 2.05) is 0 Å². The third-order valence-corrected chi connectivity index (χ3v) is 3.77. The first-order valence-electron chi connectivity index (χ1n) is 5.40. The molecular formula is C11H17N. The minimum Gasteiger partial charge on any atom is -0.375 e. The first-order chi connectivity index (χ1) is 5.93. The summed E-state index contributed by atoms with van der Waals surface area (Å²) >= 11 is 0. The highest BCUT2D eigenvalue weighted by Gasteiger charge is 2.35. The van der Waals surface area contributed by atoms with Crippen LogP contribution < -0.4 is 0 Å². The van der Waals surface area contributed by atoms with Crippen LogP contribution in [0.3, 0.4) is 0 Å². The van der Waals surface area contributed by atoms with Crippen molar-refractivity contribution < 1.29 is 0 Å². The molecule has 0 amide bonds. The lowest BCUT2D eigenvalue weighted by Gasteiger charge is -2.25. The number of nitrogens with zero attached hydrogens (tertiary/aromatic N) is 1. The summed E-state index contributed by atoms with van der Waals surface area (Å²) in [6.07, 6.45) is 9.85. The number of hydrogen-bond donors (Lipinski definition) is 0. The van der Waals surface area contributed by atoms with Crippen molar-refractivity contribution in [3.8, 4) is 0 Å². The number of fused-ring (bicyclic) bond motifs is 2. The van der Waals surface area contributed by atoms with Crippen LogP contribution in [-0.4, -0.2) is 18.0 Å². The Morgan fingerprint density at radius 2 is 2.00 bits per heavy atom. The van der Waals surface area contributed by atoms with Crippen molar-refractivity contribution in [3.63, 3.8) is 0 Å². The normalized spacial score (nSPS) is 39.3. The Labute approximate surface area is 74.4 Å². The Kier molecular flexibility index (Phi) is 1.46. The second-order valence-electron chi connectivity index (χ2n) is 4.56. The molecule has 0 aromatic rings. The summed E-state index contributed by atoms with van der Waals surface area (Å²) in [6.45, 7) is 2.68. The average molecular weight is 163 g/mol. The summed E-state index contributed by atoms with van der Waals surface area (Å²) < 4.78 is 0. The molecule has 0 aromatic heterocycles. The molecule has 2 atom stereocenters. The van der Waals surface area contributed by atoms with E-state index in [0.29, 0.717) is 0 Å². The molecule has 2 aliphatic carbocycles. The van der Waals surface area contributed by atoms with Crippen LogP contribution in [0.2, 0.25) is 0 Å². The number of hydrogen-bond acceptors (Lipinski definition) is 1. The highest BCUT2D eigenvalue weighted by atomic mass is 15.2. The Bertz CT molecular complexity index is 213. The van der Waals surface area contributed by atoms with Crippen molar-refractivity contribution in [1.29, 1.82) is 0 Å². The Balaban J connectivity index is 1.80. The molecule has 1 nitrogen and oxygen atoms in total. The SMILES string of the molecule is C1=C(N2CCCC2)[C@@H]2CC[C@H]1C2. The molecular weight excluding hydrogens is 146 g/mol. The van der Waals surface area contributed by atoms with Gasteiger partial charge in [0.25, 0.3) is 0 Å². The van der Waals surface area contributed by atoms with E-state index in [0.717, 1.165) is 11.8 Å². The Morgan fingerprint density at radius 3 is 2.58 bits per heavy atom. The smallest absolute Gasteiger partial charge is 0.0175 e. The molecule has 0 N–H and O–H groups in total. The minimum atomic E-state index is 0.964. The Hall–Kier alpha value is -0.460. The lowest BCUT2D eigenvalue weighted by atomic mass is 10.0. The summed E-state index contributed by atoms with van der Waals surface area (Å²) in [6, 6.07) is 0. The number of rotatable bonds is 1. The largest absolute Gasteiger partial charge is 0.375 e. The third kappa shape index (κ3) is 0.917. The molecule has 0 spiro atoms. The van der Waals surface area contributed by atoms with Crippen molar-refractivity contribution in [1.82, 2.24) is 4.90 Å². The van der Waals surface area contributed by atoms with Crippen molar-refractivity contribution in [2.24, 2.45) is 11.8 Å². The van der Waals surface area contributed by atoms with Crippen LogP contribution >= 0.6 is 0 Å². The molecule has 66 valence electrons. The second kappa shape index (κ2) is 2.51. The van der Waals surface area contributed by atoms with Crippen LogP contribution in [0.1, 0.15) is 32.1 Å². The van der Waals surface area contributed by atoms with E-state index in [4.69, 9.17) is 0 Å². The van der Waals surface area contributed by atoms with Crippen LogP contribution in [0.5, 0.6) is 0 Å². The fraction of sp³-hybridized carbons (Fsp3) is 0.818. The predicted octanol–water partition coefficient (Wildman–Crippen LogP) is 2.40. The molecule has 3 aliphatic rings. The molecule has 2 bridgehead atoms. The highest BCUT2D eigenvalue weighted by molar-refractivity contribution is 5.19. The van der Waals surface area contributed by atoms with E-state index < -0.39 is 0 Å². The molecule has 1 heterocycles. The fourth-order valence-electron chi connectivity index (χ4n) is 3.15. The van der Waals surface area contributed by atoms with Crippen LogP contribution in [0.4, 0.5) is 0 Å². The van der Waals surface area contributed by atoms with E-state index in [-0.39, 0.29) is 0 Å². The van der Waals surface area contributed by atoms with E-state index >= 15 is 0 Å². The van der Waals surface area contributed by atoms with Gasteiger partial charge in [-0.2, -0.15) is 0 Å².